The van der Waals surface area contributed by atoms with E-state index in [2.05, 4.69) is 20.5 Å². The zero-order valence-corrected chi connectivity index (χ0v) is 20.2. The van der Waals surface area contributed by atoms with Crippen LogP contribution in [0.4, 0.5) is 4.39 Å². The number of nitrogens with zero attached hydrogens (tertiary/aromatic N) is 3. The Morgan fingerprint density at radius 3 is 2.56 bits per heavy atom. The molecular weight excluding hydrogens is 433 g/mol. The largest absolute Gasteiger partial charge is 0.357 e. The van der Waals surface area contributed by atoms with Crippen molar-refractivity contribution in [2.24, 2.45) is 5.41 Å². The number of carbonyl (C=O) groups excluding carboxylic acids is 2. The second-order valence-corrected chi connectivity index (χ2v) is 9.88. The summed E-state index contributed by atoms with van der Waals surface area (Å²) in [6, 6.07) is 2.35. The predicted octanol–water partition coefficient (Wildman–Crippen LogP) is 3.38. The number of aromatic nitrogens is 2. The van der Waals surface area contributed by atoms with Gasteiger partial charge in [-0.25, -0.2) is 9.37 Å². The fraction of sp³-hybridized carbons (Fsp3) is 0.522. The lowest BCUT2D eigenvalue weighted by Crippen LogP contribution is -2.53. The molecule has 0 saturated heterocycles. The monoisotopic (exact) mass is 463 g/mol. The Kier molecular flexibility index (Phi) is 6.95. The van der Waals surface area contributed by atoms with E-state index in [9.17, 15) is 9.59 Å². The molecule has 2 amide bonds. The SMILES string of the molecule is CNC(=O)C(NC(=O)c1nc(-c2cc(Cl)cc(C)c2F)n2c1CN(C)CCC2)C(C)(C)C. The Morgan fingerprint density at radius 1 is 1.25 bits per heavy atom. The standard InChI is InChI=1S/C23H31ClFN5O2/c1-13-10-14(24)11-15(17(13)25)20-27-18(16-12-29(6)8-7-9-30(16)20)21(31)28-19(22(32)26-5)23(2,3)4/h10-11,19H,7-9,12H2,1-6H3,(H,26,32)(H,28,31). The minimum Gasteiger partial charge on any atom is -0.357 e. The van der Waals surface area contributed by atoms with Crippen molar-refractivity contribution in [1.29, 1.82) is 0 Å². The molecule has 174 valence electrons. The van der Waals surface area contributed by atoms with E-state index in [1.807, 2.05) is 32.4 Å². The van der Waals surface area contributed by atoms with E-state index in [-0.39, 0.29) is 17.2 Å². The number of aryl methyl sites for hydroxylation is 1. The average Bonchev–Trinajstić information content (AvgIpc) is 2.93. The van der Waals surface area contributed by atoms with E-state index in [4.69, 9.17) is 11.6 Å². The van der Waals surface area contributed by atoms with Gasteiger partial charge in [-0.05, 0) is 50.0 Å². The Morgan fingerprint density at radius 2 is 1.94 bits per heavy atom. The molecule has 0 saturated carbocycles. The normalized spacial score (nSPS) is 15.6. The summed E-state index contributed by atoms with van der Waals surface area (Å²) in [5.74, 6) is -0.788. The molecular formula is C23H31ClFN5O2. The van der Waals surface area contributed by atoms with Crippen LogP contribution < -0.4 is 10.6 Å². The van der Waals surface area contributed by atoms with Gasteiger partial charge in [0.15, 0.2) is 5.69 Å². The zero-order valence-electron chi connectivity index (χ0n) is 19.5. The molecule has 7 nitrogen and oxygen atoms in total. The molecule has 1 aromatic carbocycles. The molecule has 9 heteroatoms. The molecule has 0 aliphatic carbocycles. The fourth-order valence-corrected chi connectivity index (χ4v) is 4.29. The number of nitrogens with one attached hydrogen (secondary N) is 2. The summed E-state index contributed by atoms with van der Waals surface area (Å²) in [4.78, 5) is 32.5. The van der Waals surface area contributed by atoms with Gasteiger partial charge in [-0.1, -0.05) is 32.4 Å². The van der Waals surface area contributed by atoms with Crippen molar-refractivity contribution in [3.63, 3.8) is 0 Å². The molecule has 1 aliphatic heterocycles. The number of hydrogen-bond donors (Lipinski definition) is 2. The van der Waals surface area contributed by atoms with Crippen LogP contribution in [-0.4, -0.2) is 52.9 Å². The lowest BCUT2D eigenvalue weighted by molar-refractivity contribution is -0.124. The van der Waals surface area contributed by atoms with Crippen molar-refractivity contribution >= 4 is 23.4 Å². The predicted molar refractivity (Wildman–Crippen MR) is 123 cm³/mol. The lowest BCUT2D eigenvalue weighted by atomic mass is 9.86. The molecule has 1 atom stereocenters. The quantitative estimate of drug-likeness (QED) is 0.728. The summed E-state index contributed by atoms with van der Waals surface area (Å²) in [6.07, 6.45) is 0.831. The molecule has 2 aromatic rings. The molecule has 0 radical (unpaired) electrons. The number of imidazole rings is 1. The highest BCUT2D eigenvalue weighted by Crippen LogP contribution is 2.32. The van der Waals surface area contributed by atoms with Crippen LogP contribution in [-0.2, 0) is 17.9 Å². The fourth-order valence-electron chi connectivity index (χ4n) is 4.02. The van der Waals surface area contributed by atoms with Gasteiger partial charge in [0.1, 0.15) is 17.7 Å². The van der Waals surface area contributed by atoms with Gasteiger partial charge in [-0.15, -0.1) is 0 Å². The second-order valence-electron chi connectivity index (χ2n) is 9.44. The maximum Gasteiger partial charge on any atom is 0.272 e. The van der Waals surface area contributed by atoms with Crippen LogP contribution >= 0.6 is 11.6 Å². The summed E-state index contributed by atoms with van der Waals surface area (Å²) in [6.45, 7) is 9.20. The van der Waals surface area contributed by atoms with Gasteiger partial charge in [-0.2, -0.15) is 0 Å². The van der Waals surface area contributed by atoms with Crippen LogP contribution in [0.5, 0.6) is 0 Å². The number of hydrogen-bond acceptors (Lipinski definition) is 4. The Balaban J connectivity index is 2.13. The molecule has 32 heavy (non-hydrogen) atoms. The van der Waals surface area contributed by atoms with Crippen LogP contribution in [0.2, 0.25) is 5.02 Å². The van der Waals surface area contributed by atoms with Crippen molar-refractivity contribution in [3.8, 4) is 11.4 Å². The van der Waals surface area contributed by atoms with E-state index in [1.54, 1.807) is 13.0 Å². The number of fused-ring (bicyclic) bond motifs is 1. The molecule has 0 bridgehead atoms. The van der Waals surface area contributed by atoms with E-state index < -0.39 is 23.2 Å². The van der Waals surface area contributed by atoms with Gasteiger partial charge < -0.3 is 20.1 Å². The van der Waals surface area contributed by atoms with Gasteiger partial charge >= 0.3 is 0 Å². The second kappa shape index (κ2) is 9.19. The third-order valence-corrected chi connectivity index (χ3v) is 5.96. The molecule has 1 aromatic heterocycles. The number of likely N-dealkylation sites (N-methyl/N-ethyl adjacent to an activating group) is 1. The molecule has 0 spiro atoms. The first-order valence-corrected chi connectivity index (χ1v) is 11.1. The topological polar surface area (TPSA) is 79.3 Å². The Labute approximate surface area is 193 Å². The van der Waals surface area contributed by atoms with Crippen molar-refractivity contribution in [2.45, 2.75) is 53.2 Å². The van der Waals surface area contributed by atoms with Crippen LogP contribution in [0.15, 0.2) is 12.1 Å². The maximum atomic E-state index is 15.1. The molecule has 3 rings (SSSR count). The maximum absolute atomic E-state index is 15.1. The van der Waals surface area contributed by atoms with Crippen LogP contribution in [0.3, 0.4) is 0 Å². The van der Waals surface area contributed by atoms with Gasteiger partial charge in [0, 0.05) is 25.2 Å². The number of halogens is 2. The molecule has 1 aliphatic rings. The third kappa shape index (κ3) is 4.81. The summed E-state index contributed by atoms with van der Waals surface area (Å²) < 4.78 is 17.0. The molecule has 2 heterocycles. The van der Waals surface area contributed by atoms with Crippen molar-refractivity contribution in [1.82, 2.24) is 25.1 Å². The van der Waals surface area contributed by atoms with E-state index >= 15 is 4.39 Å². The summed E-state index contributed by atoms with van der Waals surface area (Å²) >= 11 is 6.21. The Hall–Kier alpha value is -2.45. The van der Waals surface area contributed by atoms with Crippen LogP contribution in [0.1, 0.15) is 48.9 Å². The van der Waals surface area contributed by atoms with Gasteiger partial charge in [-0.3, -0.25) is 9.59 Å². The van der Waals surface area contributed by atoms with Crippen molar-refractivity contribution in [2.75, 3.05) is 20.6 Å². The molecule has 1 unspecified atom stereocenters. The van der Waals surface area contributed by atoms with Crippen LogP contribution in [0.25, 0.3) is 11.4 Å². The first kappa shape index (κ1) is 24.2. The molecule has 2 N–H and O–H groups in total. The van der Waals surface area contributed by atoms with E-state index in [0.29, 0.717) is 35.2 Å². The zero-order chi connectivity index (χ0) is 23.8. The summed E-state index contributed by atoms with van der Waals surface area (Å²) in [5, 5.41) is 5.86. The van der Waals surface area contributed by atoms with Gasteiger partial charge in [0.2, 0.25) is 5.91 Å². The molecule has 0 fully saturated rings. The first-order valence-electron chi connectivity index (χ1n) is 10.7. The van der Waals surface area contributed by atoms with Crippen molar-refractivity contribution in [3.05, 3.63) is 39.9 Å². The highest BCUT2D eigenvalue weighted by molar-refractivity contribution is 6.31. The van der Waals surface area contributed by atoms with E-state index in [1.165, 1.54) is 13.1 Å². The minimum absolute atomic E-state index is 0.198. The van der Waals surface area contributed by atoms with Gasteiger partial charge in [0.25, 0.3) is 5.91 Å². The number of amides is 2. The number of benzene rings is 1. The smallest absolute Gasteiger partial charge is 0.272 e. The van der Waals surface area contributed by atoms with Gasteiger partial charge in [0.05, 0.1) is 11.3 Å². The highest BCUT2D eigenvalue weighted by Gasteiger charge is 2.35. The number of rotatable bonds is 4. The minimum atomic E-state index is -0.755. The highest BCUT2D eigenvalue weighted by atomic mass is 35.5. The summed E-state index contributed by atoms with van der Waals surface area (Å²) in [5.41, 5.74) is 1.05. The average molecular weight is 464 g/mol. The van der Waals surface area contributed by atoms with E-state index in [0.717, 1.165) is 13.0 Å². The lowest BCUT2D eigenvalue weighted by Gasteiger charge is -2.29. The summed E-state index contributed by atoms with van der Waals surface area (Å²) in [7, 11) is 3.50. The first-order chi connectivity index (χ1) is 14.9. The number of carbonyl (C=O) groups is 2. The third-order valence-electron chi connectivity index (χ3n) is 5.74. The Bertz CT molecular complexity index is 1040. The van der Waals surface area contributed by atoms with Crippen molar-refractivity contribution < 1.29 is 14.0 Å². The van der Waals surface area contributed by atoms with Crippen LogP contribution in [0, 0.1) is 18.2 Å².